The summed E-state index contributed by atoms with van der Waals surface area (Å²) < 4.78 is 2.37. The molecule has 3 atom stereocenters. The van der Waals surface area contributed by atoms with Crippen LogP contribution >= 0.6 is 0 Å². The van der Waals surface area contributed by atoms with Gasteiger partial charge in [-0.3, -0.25) is 4.79 Å². The Morgan fingerprint density at radius 1 is 1.31 bits per heavy atom. The molecule has 0 radical (unpaired) electrons. The Morgan fingerprint density at radius 2 is 2.00 bits per heavy atom. The number of nitrogens with zero attached hydrogens (tertiary/aromatic N) is 1. The van der Waals surface area contributed by atoms with E-state index in [9.17, 15) is 4.79 Å². The molecule has 2 nitrogen and oxygen atoms in total. The van der Waals surface area contributed by atoms with E-state index in [1.165, 1.54) is 18.5 Å². The monoisotopic (exact) mass is 219 g/mol. The topological polar surface area (TPSA) is 22.0 Å². The zero-order valence-corrected chi connectivity index (χ0v) is 10.7. The summed E-state index contributed by atoms with van der Waals surface area (Å²) in [4.78, 5) is 10.9. The van der Waals surface area contributed by atoms with E-state index in [0.29, 0.717) is 12.0 Å². The molecule has 0 aromatic carbocycles. The Labute approximate surface area is 97.7 Å². The first-order valence-corrected chi connectivity index (χ1v) is 6.20. The first-order chi connectivity index (χ1) is 7.56. The molecule has 2 heteroatoms. The lowest BCUT2D eigenvalue weighted by molar-refractivity contribution is 0.112. The van der Waals surface area contributed by atoms with Crippen LogP contribution in [0.3, 0.4) is 0 Å². The number of hydrogen-bond donors (Lipinski definition) is 0. The van der Waals surface area contributed by atoms with Crippen molar-refractivity contribution in [1.82, 2.24) is 4.57 Å². The molecule has 3 unspecified atom stereocenters. The lowest BCUT2D eigenvalue weighted by Gasteiger charge is -2.23. The van der Waals surface area contributed by atoms with Crippen LogP contribution in [0.25, 0.3) is 0 Å². The van der Waals surface area contributed by atoms with Gasteiger partial charge in [0.1, 0.15) is 0 Å². The van der Waals surface area contributed by atoms with Crippen LogP contribution in [0.5, 0.6) is 0 Å². The number of carbonyl (C=O) groups is 1. The quantitative estimate of drug-likeness (QED) is 0.697. The molecule has 1 saturated carbocycles. The zero-order chi connectivity index (χ0) is 11.9. The molecule has 1 fully saturated rings. The fraction of sp³-hybridized carbons (Fsp3) is 0.643. The van der Waals surface area contributed by atoms with E-state index in [1.54, 1.807) is 0 Å². The molecule has 0 bridgehead atoms. The largest absolute Gasteiger partial charge is 0.345 e. The summed E-state index contributed by atoms with van der Waals surface area (Å²) in [6.45, 7) is 8.84. The normalized spacial score (nSPS) is 29.6. The van der Waals surface area contributed by atoms with Crippen LogP contribution in [0.1, 0.15) is 54.5 Å². The summed E-state index contributed by atoms with van der Waals surface area (Å²) in [5, 5.41) is 0. The molecule has 0 N–H and O–H groups in total. The van der Waals surface area contributed by atoms with Gasteiger partial charge in [0.25, 0.3) is 0 Å². The van der Waals surface area contributed by atoms with Gasteiger partial charge in [0.05, 0.1) is 0 Å². The second-order valence-electron chi connectivity index (χ2n) is 5.30. The predicted octanol–water partition coefficient (Wildman–Crippen LogP) is 3.52. The van der Waals surface area contributed by atoms with E-state index >= 15 is 0 Å². The molecule has 1 aliphatic rings. The van der Waals surface area contributed by atoms with Crippen molar-refractivity contribution in [3.63, 3.8) is 0 Å². The molecule has 0 amide bonds. The van der Waals surface area contributed by atoms with Crippen molar-refractivity contribution in [3.05, 3.63) is 23.0 Å². The summed E-state index contributed by atoms with van der Waals surface area (Å²) >= 11 is 0. The van der Waals surface area contributed by atoms with E-state index in [0.717, 1.165) is 23.5 Å². The summed E-state index contributed by atoms with van der Waals surface area (Å²) in [5.41, 5.74) is 3.22. The van der Waals surface area contributed by atoms with Gasteiger partial charge in [-0.05, 0) is 44.6 Å². The highest BCUT2D eigenvalue weighted by molar-refractivity contribution is 5.77. The standard InChI is InChI=1S/C14H21NO/c1-9-5-6-14(11(9)3)15-10(2)7-13(8-16)12(15)4/h7-9,11,14H,5-6H2,1-4H3. The van der Waals surface area contributed by atoms with Gasteiger partial charge >= 0.3 is 0 Å². The number of aldehydes is 1. The van der Waals surface area contributed by atoms with Gasteiger partial charge in [-0.25, -0.2) is 0 Å². The molecule has 88 valence electrons. The average molecular weight is 219 g/mol. The maximum absolute atomic E-state index is 10.9. The fourth-order valence-corrected chi connectivity index (χ4v) is 3.14. The van der Waals surface area contributed by atoms with Crippen molar-refractivity contribution in [2.24, 2.45) is 11.8 Å². The van der Waals surface area contributed by atoms with Crippen LogP contribution < -0.4 is 0 Å². The third-order valence-corrected chi connectivity index (χ3v) is 4.40. The molecule has 0 aliphatic heterocycles. The van der Waals surface area contributed by atoms with Crippen LogP contribution in [0.2, 0.25) is 0 Å². The van der Waals surface area contributed by atoms with E-state index in [-0.39, 0.29) is 0 Å². The molecular weight excluding hydrogens is 198 g/mol. The maximum Gasteiger partial charge on any atom is 0.151 e. The molecule has 0 saturated heterocycles. The lowest BCUT2D eigenvalue weighted by atomic mass is 9.97. The van der Waals surface area contributed by atoms with Gasteiger partial charge in [0.2, 0.25) is 0 Å². The molecular formula is C14H21NO. The maximum atomic E-state index is 10.9. The highest BCUT2D eigenvalue weighted by atomic mass is 16.1. The summed E-state index contributed by atoms with van der Waals surface area (Å²) in [6.07, 6.45) is 3.53. The van der Waals surface area contributed by atoms with Gasteiger partial charge in [0, 0.05) is 23.0 Å². The van der Waals surface area contributed by atoms with Crippen LogP contribution in [0, 0.1) is 25.7 Å². The fourth-order valence-electron chi connectivity index (χ4n) is 3.14. The first-order valence-electron chi connectivity index (χ1n) is 6.20. The number of rotatable bonds is 2. The Hall–Kier alpha value is -1.05. The number of aromatic nitrogens is 1. The minimum absolute atomic E-state index is 0.587. The highest BCUT2D eigenvalue weighted by Crippen LogP contribution is 2.41. The Morgan fingerprint density at radius 3 is 2.44 bits per heavy atom. The highest BCUT2D eigenvalue weighted by Gasteiger charge is 2.32. The van der Waals surface area contributed by atoms with Gasteiger partial charge in [-0.15, -0.1) is 0 Å². The summed E-state index contributed by atoms with van der Waals surface area (Å²) in [5.74, 6) is 1.51. The van der Waals surface area contributed by atoms with Crippen LogP contribution in [0.15, 0.2) is 6.07 Å². The van der Waals surface area contributed by atoms with Gasteiger partial charge < -0.3 is 4.57 Å². The average Bonchev–Trinajstić information content (AvgIpc) is 2.71. The first kappa shape index (κ1) is 11.4. The SMILES string of the molecule is Cc1cc(C=O)c(C)n1C1CCC(C)C1C. The van der Waals surface area contributed by atoms with Crippen molar-refractivity contribution >= 4 is 6.29 Å². The molecule has 1 heterocycles. The molecule has 1 aromatic heterocycles. The molecule has 0 spiro atoms. The summed E-state index contributed by atoms with van der Waals surface area (Å²) in [7, 11) is 0. The number of carbonyl (C=O) groups excluding carboxylic acids is 1. The second kappa shape index (κ2) is 4.08. The van der Waals surface area contributed by atoms with Gasteiger partial charge in [0.15, 0.2) is 6.29 Å². The van der Waals surface area contributed by atoms with Gasteiger partial charge in [-0.2, -0.15) is 0 Å². The van der Waals surface area contributed by atoms with E-state index in [2.05, 4.69) is 32.3 Å². The van der Waals surface area contributed by atoms with Crippen LogP contribution in [-0.4, -0.2) is 10.9 Å². The minimum Gasteiger partial charge on any atom is -0.345 e. The Bertz CT molecular complexity index is 405. The molecule has 2 rings (SSSR count). The van der Waals surface area contributed by atoms with E-state index < -0.39 is 0 Å². The smallest absolute Gasteiger partial charge is 0.151 e. The van der Waals surface area contributed by atoms with Gasteiger partial charge in [-0.1, -0.05) is 13.8 Å². The van der Waals surface area contributed by atoms with Crippen molar-refractivity contribution < 1.29 is 4.79 Å². The number of aryl methyl sites for hydroxylation is 1. The zero-order valence-electron chi connectivity index (χ0n) is 10.7. The van der Waals surface area contributed by atoms with Crippen molar-refractivity contribution in [1.29, 1.82) is 0 Å². The van der Waals surface area contributed by atoms with Crippen LogP contribution in [0.4, 0.5) is 0 Å². The van der Waals surface area contributed by atoms with Crippen molar-refractivity contribution in [2.75, 3.05) is 0 Å². The minimum atomic E-state index is 0.587. The predicted molar refractivity (Wildman–Crippen MR) is 65.9 cm³/mol. The molecule has 1 aliphatic carbocycles. The number of hydrogen-bond acceptors (Lipinski definition) is 1. The summed E-state index contributed by atoms with van der Waals surface area (Å²) in [6, 6.07) is 2.60. The van der Waals surface area contributed by atoms with Crippen LogP contribution in [-0.2, 0) is 0 Å². The lowest BCUT2D eigenvalue weighted by Crippen LogP contribution is -2.17. The van der Waals surface area contributed by atoms with E-state index in [4.69, 9.17) is 0 Å². The third kappa shape index (κ3) is 1.60. The molecule has 16 heavy (non-hydrogen) atoms. The Kier molecular flexibility index (Phi) is 2.92. The van der Waals surface area contributed by atoms with Crippen molar-refractivity contribution in [3.8, 4) is 0 Å². The molecule has 1 aromatic rings. The van der Waals surface area contributed by atoms with E-state index in [1.807, 2.05) is 6.07 Å². The Balaban J connectivity index is 2.40. The third-order valence-electron chi connectivity index (χ3n) is 4.40. The van der Waals surface area contributed by atoms with Crippen molar-refractivity contribution in [2.45, 2.75) is 46.6 Å². The second-order valence-corrected chi connectivity index (χ2v) is 5.30.